The first-order valence-corrected chi connectivity index (χ1v) is 9.57. The van der Waals surface area contributed by atoms with Gasteiger partial charge in [0.25, 0.3) is 5.91 Å². The van der Waals surface area contributed by atoms with Gasteiger partial charge in [0.1, 0.15) is 12.1 Å². The number of amides is 1. The number of hydrogen-bond donors (Lipinski definition) is 1. The van der Waals surface area contributed by atoms with Gasteiger partial charge in [-0.05, 0) is 31.9 Å². The Balaban J connectivity index is 1.68. The molecule has 7 heteroatoms. The van der Waals surface area contributed by atoms with E-state index in [0.717, 1.165) is 30.6 Å². The van der Waals surface area contributed by atoms with Crippen molar-refractivity contribution in [2.45, 2.75) is 51.6 Å². The molecule has 0 aromatic carbocycles. The summed E-state index contributed by atoms with van der Waals surface area (Å²) >= 11 is 0. The number of pyridine rings is 1. The molecule has 1 N–H and O–H groups in total. The van der Waals surface area contributed by atoms with Gasteiger partial charge in [0.15, 0.2) is 0 Å². The van der Waals surface area contributed by atoms with E-state index in [1.807, 2.05) is 40.7 Å². The number of carbonyl (C=O) groups is 1. The van der Waals surface area contributed by atoms with Crippen molar-refractivity contribution in [2.75, 3.05) is 0 Å². The fourth-order valence-electron chi connectivity index (χ4n) is 3.51. The quantitative estimate of drug-likeness (QED) is 0.754. The molecule has 0 saturated heterocycles. The topological polar surface area (TPSA) is 77.6 Å². The molecule has 27 heavy (non-hydrogen) atoms. The summed E-state index contributed by atoms with van der Waals surface area (Å²) in [6.45, 7) is 2.82. The van der Waals surface area contributed by atoms with E-state index >= 15 is 0 Å². The van der Waals surface area contributed by atoms with E-state index in [1.54, 1.807) is 18.7 Å². The third-order valence-electron chi connectivity index (χ3n) is 5.04. The first-order chi connectivity index (χ1) is 13.2. The molecule has 0 atom stereocenters. The fraction of sp³-hybridized carbons (Fsp3) is 0.400. The van der Waals surface area contributed by atoms with Gasteiger partial charge in [-0.25, -0.2) is 9.97 Å². The summed E-state index contributed by atoms with van der Waals surface area (Å²) in [5.41, 5.74) is 2.23. The Morgan fingerprint density at radius 3 is 2.81 bits per heavy atom. The normalized spacial score (nSPS) is 15.0. The zero-order valence-electron chi connectivity index (χ0n) is 15.5. The lowest BCUT2D eigenvalue weighted by Crippen LogP contribution is -2.36. The predicted molar refractivity (Wildman–Crippen MR) is 103 cm³/mol. The smallest absolute Gasteiger partial charge is 0.251 e. The summed E-state index contributed by atoms with van der Waals surface area (Å²) < 4.78 is 3.66. The minimum absolute atomic E-state index is 0.0465. The Morgan fingerprint density at radius 1 is 1.26 bits per heavy atom. The second-order valence-corrected chi connectivity index (χ2v) is 6.96. The maximum Gasteiger partial charge on any atom is 0.251 e. The zero-order chi connectivity index (χ0) is 18.6. The van der Waals surface area contributed by atoms with Crippen LogP contribution in [0.3, 0.4) is 0 Å². The second-order valence-electron chi connectivity index (χ2n) is 6.96. The van der Waals surface area contributed by atoms with Crippen LogP contribution in [0.2, 0.25) is 0 Å². The fourth-order valence-corrected chi connectivity index (χ4v) is 3.51. The predicted octanol–water partition coefficient (Wildman–Crippen LogP) is 3.21. The Labute approximate surface area is 158 Å². The highest BCUT2D eigenvalue weighted by Gasteiger charge is 2.18. The molecule has 0 aliphatic heterocycles. The van der Waals surface area contributed by atoms with Crippen molar-refractivity contribution in [3.8, 4) is 17.1 Å². The molecule has 3 aromatic rings. The van der Waals surface area contributed by atoms with E-state index in [4.69, 9.17) is 4.98 Å². The van der Waals surface area contributed by atoms with Gasteiger partial charge in [0, 0.05) is 42.3 Å². The number of hydrogen-bond acceptors (Lipinski definition) is 4. The molecule has 1 aliphatic carbocycles. The largest absolute Gasteiger partial charge is 0.349 e. The molecule has 0 bridgehead atoms. The Hall–Kier alpha value is -2.96. The van der Waals surface area contributed by atoms with Crippen molar-refractivity contribution in [3.63, 3.8) is 0 Å². The molecular weight excluding hydrogens is 340 g/mol. The number of nitrogens with one attached hydrogen (secondary N) is 1. The third kappa shape index (κ3) is 3.92. The highest BCUT2D eigenvalue weighted by molar-refractivity contribution is 5.95. The van der Waals surface area contributed by atoms with Crippen molar-refractivity contribution in [1.82, 2.24) is 29.6 Å². The standard InChI is InChI=1S/C20H24N6O/c1-2-26-13-16(12-22-26)18-10-15(11-19(24-18)25-9-8-21-14-25)20(27)23-17-6-4-3-5-7-17/h8-14,17H,2-7H2,1H3,(H,23,27). The first kappa shape index (κ1) is 17.5. The molecule has 0 unspecified atom stereocenters. The van der Waals surface area contributed by atoms with E-state index in [2.05, 4.69) is 15.4 Å². The Kier molecular flexibility index (Phi) is 5.00. The molecule has 1 fully saturated rings. The van der Waals surface area contributed by atoms with Crippen LogP contribution >= 0.6 is 0 Å². The highest BCUT2D eigenvalue weighted by atomic mass is 16.1. The minimum atomic E-state index is -0.0465. The van der Waals surface area contributed by atoms with E-state index in [-0.39, 0.29) is 11.9 Å². The molecule has 7 nitrogen and oxygen atoms in total. The zero-order valence-corrected chi connectivity index (χ0v) is 15.5. The number of imidazole rings is 1. The average molecular weight is 364 g/mol. The van der Waals surface area contributed by atoms with Crippen LogP contribution in [0, 0.1) is 0 Å². The van der Waals surface area contributed by atoms with Crippen LogP contribution in [0.25, 0.3) is 17.1 Å². The molecule has 0 radical (unpaired) electrons. The minimum Gasteiger partial charge on any atom is -0.349 e. The summed E-state index contributed by atoms with van der Waals surface area (Å²) in [7, 11) is 0. The van der Waals surface area contributed by atoms with Crippen LogP contribution in [0.15, 0.2) is 43.2 Å². The van der Waals surface area contributed by atoms with Crippen LogP contribution in [0.1, 0.15) is 49.4 Å². The summed E-state index contributed by atoms with van der Waals surface area (Å²) in [6.07, 6.45) is 14.7. The van der Waals surface area contributed by atoms with Gasteiger partial charge in [-0.15, -0.1) is 0 Å². The van der Waals surface area contributed by atoms with E-state index < -0.39 is 0 Å². The summed E-state index contributed by atoms with van der Waals surface area (Å²) in [4.78, 5) is 21.7. The van der Waals surface area contributed by atoms with Crippen molar-refractivity contribution in [2.24, 2.45) is 0 Å². The molecule has 140 valence electrons. The van der Waals surface area contributed by atoms with Crippen molar-refractivity contribution >= 4 is 5.91 Å². The second kappa shape index (κ2) is 7.73. The van der Waals surface area contributed by atoms with Crippen LogP contribution < -0.4 is 5.32 Å². The van der Waals surface area contributed by atoms with Crippen molar-refractivity contribution < 1.29 is 4.79 Å². The summed E-state index contributed by atoms with van der Waals surface area (Å²) in [6, 6.07) is 3.92. The average Bonchev–Trinajstić information content (AvgIpc) is 3.40. The van der Waals surface area contributed by atoms with Gasteiger partial charge >= 0.3 is 0 Å². The van der Waals surface area contributed by atoms with Gasteiger partial charge in [-0.3, -0.25) is 14.0 Å². The van der Waals surface area contributed by atoms with Crippen LogP contribution in [0.5, 0.6) is 0 Å². The van der Waals surface area contributed by atoms with E-state index in [9.17, 15) is 4.79 Å². The molecule has 3 aromatic heterocycles. The highest BCUT2D eigenvalue weighted by Crippen LogP contribution is 2.22. The molecular formula is C20H24N6O. The lowest BCUT2D eigenvalue weighted by Gasteiger charge is -2.23. The van der Waals surface area contributed by atoms with E-state index in [1.165, 1.54) is 19.3 Å². The van der Waals surface area contributed by atoms with Crippen LogP contribution in [-0.4, -0.2) is 36.3 Å². The molecule has 4 rings (SSSR count). The summed E-state index contributed by atoms with van der Waals surface area (Å²) in [5, 5.41) is 7.52. The van der Waals surface area contributed by atoms with Crippen LogP contribution in [-0.2, 0) is 6.54 Å². The molecule has 3 heterocycles. The Morgan fingerprint density at radius 2 is 2.11 bits per heavy atom. The molecule has 0 spiro atoms. The van der Waals surface area contributed by atoms with Crippen molar-refractivity contribution in [3.05, 3.63) is 48.8 Å². The van der Waals surface area contributed by atoms with Gasteiger partial charge in [0.2, 0.25) is 0 Å². The molecule has 1 saturated carbocycles. The maximum absolute atomic E-state index is 12.9. The number of carbonyl (C=O) groups excluding carboxylic acids is 1. The number of nitrogens with zero attached hydrogens (tertiary/aromatic N) is 5. The summed E-state index contributed by atoms with van der Waals surface area (Å²) in [5.74, 6) is 0.623. The van der Waals surface area contributed by atoms with E-state index in [0.29, 0.717) is 11.4 Å². The van der Waals surface area contributed by atoms with Gasteiger partial charge in [-0.1, -0.05) is 19.3 Å². The lowest BCUT2D eigenvalue weighted by molar-refractivity contribution is 0.0927. The molecule has 1 amide bonds. The first-order valence-electron chi connectivity index (χ1n) is 9.57. The number of aromatic nitrogens is 5. The number of rotatable bonds is 5. The van der Waals surface area contributed by atoms with Gasteiger partial charge in [-0.2, -0.15) is 5.10 Å². The third-order valence-corrected chi connectivity index (χ3v) is 5.04. The monoisotopic (exact) mass is 364 g/mol. The number of aryl methyl sites for hydroxylation is 1. The van der Waals surface area contributed by atoms with Gasteiger partial charge < -0.3 is 5.32 Å². The Bertz CT molecular complexity index is 908. The maximum atomic E-state index is 12.9. The SMILES string of the molecule is CCn1cc(-c2cc(C(=O)NC3CCCCC3)cc(-n3ccnc3)n2)cn1. The van der Waals surface area contributed by atoms with Crippen molar-refractivity contribution in [1.29, 1.82) is 0 Å². The van der Waals surface area contributed by atoms with Gasteiger partial charge in [0.05, 0.1) is 11.9 Å². The lowest BCUT2D eigenvalue weighted by atomic mass is 9.95. The van der Waals surface area contributed by atoms with Crippen LogP contribution in [0.4, 0.5) is 0 Å². The molecule has 1 aliphatic rings.